The Morgan fingerprint density at radius 1 is 1.57 bits per heavy atom. The quantitative estimate of drug-likeness (QED) is 0.873. The molecule has 1 aromatic heterocycles. The molecule has 1 fully saturated rings. The number of hydrogen-bond acceptors (Lipinski definition) is 5. The molecule has 2 atom stereocenters. The van der Waals surface area contributed by atoms with Crippen molar-refractivity contribution in [2.24, 2.45) is 5.73 Å². The summed E-state index contributed by atoms with van der Waals surface area (Å²) in [5, 5.41) is 3.14. The molecule has 4 nitrogen and oxygen atoms in total. The van der Waals surface area contributed by atoms with Crippen LogP contribution < -0.4 is 5.73 Å². The molecular formula is C15H27FN4S. The number of hydrogen-bond donors (Lipinski definition) is 1. The second kappa shape index (κ2) is 6.69. The van der Waals surface area contributed by atoms with Crippen molar-refractivity contribution in [3.05, 3.63) is 16.1 Å². The Labute approximate surface area is 131 Å². The summed E-state index contributed by atoms with van der Waals surface area (Å²) in [7, 11) is 2.06. The molecule has 2 heterocycles. The topological polar surface area (TPSA) is 45.4 Å². The highest BCUT2D eigenvalue weighted by Crippen LogP contribution is 2.24. The summed E-state index contributed by atoms with van der Waals surface area (Å²) in [4.78, 5) is 8.92. The molecule has 1 aliphatic heterocycles. The normalized spacial score (nSPS) is 24.1. The molecule has 1 aliphatic rings. The van der Waals surface area contributed by atoms with E-state index in [0.717, 1.165) is 30.3 Å². The molecule has 1 saturated heterocycles. The lowest BCUT2D eigenvalue weighted by Gasteiger charge is -2.31. The Balaban J connectivity index is 1.93. The zero-order valence-electron chi connectivity index (χ0n) is 13.5. The van der Waals surface area contributed by atoms with Crippen LogP contribution in [0.2, 0.25) is 0 Å². The fourth-order valence-electron chi connectivity index (χ4n) is 3.11. The number of halogens is 1. The number of nitrogens with zero attached hydrogens (tertiary/aromatic N) is 3. The van der Waals surface area contributed by atoms with E-state index in [1.54, 1.807) is 11.3 Å². The summed E-state index contributed by atoms with van der Waals surface area (Å²) in [6.07, 6.45) is -0.118. The van der Waals surface area contributed by atoms with Gasteiger partial charge in [0.25, 0.3) is 0 Å². The molecule has 0 spiro atoms. The van der Waals surface area contributed by atoms with Crippen molar-refractivity contribution in [3.63, 3.8) is 0 Å². The number of rotatable bonds is 6. The van der Waals surface area contributed by atoms with Gasteiger partial charge in [-0.1, -0.05) is 0 Å². The maximum Gasteiger partial charge on any atom is 0.114 e. The van der Waals surface area contributed by atoms with E-state index < -0.39 is 6.17 Å². The van der Waals surface area contributed by atoms with Crippen molar-refractivity contribution < 1.29 is 4.39 Å². The first-order chi connectivity index (χ1) is 9.73. The molecule has 0 bridgehead atoms. The second-order valence-corrected chi connectivity index (χ2v) is 8.02. The minimum absolute atomic E-state index is 0.223. The van der Waals surface area contributed by atoms with E-state index in [9.17, 15) is 4.39 Å². The van der Waals surface area contributed by atoms with Gasteiger partial charge in [0.05, 0.1) is 10.7 Å². The second-order valence-electron chi connectivity index (χ2n) is 6.96. The minimum Gasteiger partial charge on any atom is -0.324 e. The monoisotopic (exact) mass is 314 g/mol. The van der Waals surface area contributed by atoms with Gasteiger partial charge in [-0.15, -0.1) is 11.3 Å². The zero-order chi connectivity index (χ0) is 15.6. The van der Waals surface area contributed by atoms with Crippen LogP contribution in [0.3, 0.4) is 0 Å². The molecule has 0 saturated carbocycles. The van der Waals surface area contributed by atoms with E-state index in [4.69, 9.17) is 5.73 Å². The number of aromatic nitrogens is 1. The number of likely N-dealkylation sites (tertiary alicyclic amines) is 1. The van der Waals surface area contributed by atoms with Crippen LogP contribution in [0.4, 0.5) is 4.39 Å². The summed E-state index contributed by atoms with van der Waals surface area (Å²) < 4.78 is 13.8. The van der Waals surface area contributed by atoms with Gasteiger partial charge in [0.2, 0.25) is 0 Å². The van der Waals surface area contributed by atoms with Crippen LogP contribution in [0.5, 0.6) is 0 Å². The number of nitrogens with two attached hydrogens (primary N) is 1. The van der Waals surface area contributed by atoms with Crippen LogP contribution in [0.15, 0.2) is 5.38 Å². The Hall–Kier alpha value is -0.560. The average molecular weight is 314 g/mol. The maximum absolute atomic E-state index is 13.8. The SMILES string of the molecule is Cc1nc(CN2C[C@@H](F)C[C@H]2CN(C)CC(C)(C)N)cs1. The van der Waals surface area contributed by atoms with Gasteiger partial charge < -0.3 is 10.6 Å². The average Bonchev–Trinajstić information content (AvgIpc) is 2.84. The predicted octanol–water partition coefficient (Wildman–Crippen LogP) is 2.03. The third-order valence-corrected chi connectivity index (χ3v) is 4.53. The highest BCUT2D eigenvalue weighted by molar-refractivity contribution is 7.09. The summed E-state index contributed by atoms with van der Waals surface area (Å²) >= 11 is 1.65. The molecule has 6 heteroatoms. The highest BCUT2D eigenvalue weighted by Gasteiger charge is 2.33. The van der Waals surface area contributed by atoms with E-state index in [-0.39, 0.29) is 11.6 Å². The fourth-order valence-corrected chi connectivity index (χ4v) is 3.72. The molecule has 21 heavy (non-hydrogen) atoms. The zero-order valence-corrected chi connectivity index (χ0v) is 14.3. The lowest BCUT2D eigenvalue weighted by molar-refractivity contribution is 0.168. The molecule has 0 amide bonds. The van der Waals surface area contributed by atoms with Crippen molar-refractivity contribution >= 4 is 11.3 Å². The molecule has 0 aliphatic carbocycles. The van der Waals surface area contributed by atoms with Gasteiger partial charge in [0, 0.05) is 43.1 Å². The predicted molar refractivity (Wildman–Crippen MR) is 86.3 cm³/mol. The highest BCUT2D eigenvalue weighted by atomic mass is 32.1. The maximum atomic E-state index is 13.8. The first-order valence-electron chi connectivity index (χ1n) is 7.49. The van der Waals surface area contributed by atoms with Crippen LogP contribution in [-0.2, 0) is 6.54 Å². The van der Waals surface area contributed by atoms with Gasteiger partial charge in [-0.2, -0.15) is 0 Å². The number of thiazole rings is 1. The van der Waals surface area contributed by atoms with Crippen molar-refractivity contribution in [1.29, 1.82) is 0 Å². The van der Waals surface area contributed by atoms with Gasteiger partial charge in [0.15, 0.2) is 0 Å². The number of likely N-dealkylation sites (N-methyl/N-ethyl adjacent to an activating group) is 1. The van der Waals surface area contributed by atoms with Gasteiger partial charge in [-0.05, 0) is 34.2 Å². The summed E-state index contributed by atoms with van der Waals surface area (Å²) in [6.45, 7) is 8.97. The molecule has 1 aromatic rings. The minimum atomic E-state index is -0.728. The van der Waals surface area contributed by atoms with Crippen LogP contribution in [0.1, 0.15) is 31.0 Å². The Kier molecular flexibility index (Phi) is 5.35. The molecule has 0 radical (unpaired) electrons. The third-order valence-electron chi connectivity index (χ3n) is 3.71. The lowest BCUT2D eigenvalue weighted by Crippen LogP contribution is -2.47. The van der Waals surface area contributed by atoms with Crippen LogP contribution >= 0.6 is 11.3 Å². The first-order valence-corrected chi connectivity index (χ1v) is 8.37. The van der Waals surface area contributed by atoms with Crippen LogP contribution in [0, 0.1) is 6.92 Å². The van der Waals surface area contributed by atoms with Crippen molar-refractivity contribution in [3.8, 4) is 0 Å². The fraction of sp³-hybridized carbons (Fsp3) is 0.800. The van der Waals surface area contributed by atoms with E-state index in [0.29, 0.717) is 13.0 Å². The van der Waals surface area contributed by atoms with Gasteiger partial charge in [-0.3, -0.25) is 4.90 Å². The summed E-state index contributed by atoms with van der Waals surface area (Å²) in [5.41, 5.74) is 6.89. The Bertz CT molecular complexity index is 457. The smallest absolute Gasteiger partial charge is 0.114 e. The van der Waals surface area contributed by atoms with E-state index in [1.807, 2.05) is 20.8 Å². The standard InChI is InChI=1S/C15H27FN4S/c1-11-18-13(9-21-11)7-20-6-12(16)5-14(20)8-19(4)10-15(2,3)17/h9,12,14H,5-8,10,17H2,1-4H3/t12-,14-/m0/s1. The molecule has 0 unspecified atom stereocenters. The summed E-state index contributed by atoms with van der Waals surface area (Å²) in [6, 6.07) is 0.245. The molecule has 2 rings (SSSR count). The first kappa shape index (κ1) is 16.8. The molecule has 2 N–H and O–H groups in total. The lowest BCUT2D eigenvalue weighted by atomic mass is 10.1. The summed E-state index contributed by atoms with van der Waals surface area (Å²) in [5.74, 6) is 0. The van der Waals surface area contributed by atoms with Gasteiger partial charge in [-0.25, -0.2) is 9.37 Å². The van der Waals surface area contributed by atoms with E-state index in [1.165, 1.54) is 0 Å². The Morgan fingerprint density at radius 2 is 2.29 bits per heavy atom. The van der Waals surface area contributed by atoms with Crippen molar-refractivity contribution in [2.45, 2.75) is 51.5 Å². The van der Waals surface area contributed by atoms with Crippen molar-refractivity contribution in [2.75, 3.05) is 26.7 Å². The largest absolute Gasteiger partial charge is 0.324 e. The molecule has 120 valence electrons. The van der Waals surface area contributed by atoms with Crippen LogP contribution in [-0.4, -0.2) is 59.2 Å². The van der Waals surface area contributed by atoms with Crippen LogP contribution in [0.25, 0.3) is 0 Å². The Morgan fingerprint density at radius 3 is 2.86 bits per heavy atom. The van der Waals surface area contributed by atoms with E-state index >= 15 is 0 Å². The van der Waals surface area contributed by atoms with Gasteiger partial charge in [0.1, 0.15) is 6.17 Å². The number of aryl methyl sites for hydroxylation is 1. The molecule has 0 aromatic carbocycles. The molecular weight excluding hydrogens is 287 g/mol. The number of alkyl halides is 1. The van der Waals surface area contributed by atoms with Gasteiger partial charge >= 0.3 is 0 Å². The third kappa shape index (κ3) is 5.29. The van der Waals surface area contributed by atoms with Crippen molar-refractivity contribution in [1.82, 2.24) is 14.8 Å². The van der Waals surface area contributed by atoms with E-state index in [2.05, 4.69) is 27.2 Å².